The number of nitrogens with two attached hydrogens (primary N) is 1. The average Bonchev–Trinajstić information content (AvgIpc) is 2.93. The molecule has 1 atom stereocenters. The predicted molar refractivity (Wildman–Crippen MR) is 98.4 cm³/mol. The van der Waals surface area contributed by atoms with E-state index >= 15 is 0 Å². The van der Waals surface area contributed by atoms with Gasteiger partial charge in [0.05, 0.1) is 10.8 Å². The Labute approximate surface area is 160 Å². The van der Waals surface area contributed by atoms with Crippen molar-refractivity contribution in [2.45, 2.75) is 50.6 Å². The van der Waals surface area contributed by atoms with Gasteiger partial charge in [0, 0.05) is 25.5 Å². The molecule has 6 nitrogen and oxygen atoms in total. The van der Waals surface area contributed by atoms with E-state index in [0.29, 0.717) is 30.0 Å². The van der Waals surface area contributed by atoms with Crippen molar-refractivity contribution in [2.24, 2.45) is 11.7 Å². The number of nitrogens with zero attached hydrogens (tertiary/aromatic N) is 3. The van der Waals surface area contributed by atoms with Crippen LogP contribution in [0, 0.1) is 17.6 Å². The number of primary amides is 1. The highest BCUT2D eigenvalue weighted by Gasteiger charge is 2.24. The van der Waals surface area contributed by atoms with Gasteiger partial charge in [-0.25, -0.2) is 8.78 Å². The number of rotatable bonds is 9. The summed E-state index contributed by atoms with van der Waals surface area (Å²) in [6.45, 7) is 6.28. The molecule has 0 saturated carbocycles. The molecule has 1 aromatic carbocycles. The lowest BCUT2D eigenvalue weighted by Gasteiger charge is -2.14. The monoisotopic (exact) mass is 396 g/mol. The fraction of sp³-hybridized carbons (Fsp3) is 0.444. The number of ketones is 1. The van der Waals surface area contributed by atoms with Gasteiger partial charge in [0.25, 0.3) is 0 Å². The maximum Gasteiger partial charge on any atom is 0.217 e. The van der Waals surface area contributed by atoms with E-state index in [2.05, 4.69) is 10.2 Å². The van der Waals surface area contributed by atoms with Crippen LogP contribution in [0.3, 0.4) is 0 Å². The maximum absolute atomic E-state index is 13.9. The summed E-state index contributed by atoms with van der Waals surface area (Å²) in [6, 6.07) is 2.88. The first-order valence-electron chi connectivity index (χ1n) is 8.55. The molecule has 1 unspecified atom stereocenters. The summed E-state index contributed by atoms with van der Waals surface area (Å²) in [5.41, 5.74) is 5.03. The Morgan fingerprint density at radius 1 is 1.22 bits per heavy atom. The number of carbonyl (C=O) groups is 2. The van der Waals surface area contributed by atoms with Crippen LogP contribution < -0.4 is 5.73 Å². The number of hydrogen-bond donors (Lipinski definition) is 1. The van der Waals surface area contributed by atoms with E-state index < -0.39 is 28.6 Å². The van der Waals surface area contributed by atoms with Crippen molar-refractivity contribution >= 4 is 23.5 Å². The molecule has 0 bridgehead atoms. The van der Waals surface area contributed by atoms with Crippen LogP contribution >= 0.6 is 11.8 Å². The Hall–Kier alpha value is -2.29. The van der Waals surface area contributed by atoms with E-state index in [-0.39, 0.29) is 17.9 Å². The summed E-state index contributed by atoms with van der Waals surface area (Å²) in [4.78, 5) is 23.6. The van der Waals surface area contributed by atoms with Gasteiger partial charge in [-0.2, -0.15) is 0 Å². The van der Waals surface area contributed by atoms with E-state index in [0.717, 1.165) is 23.9 Å². The Morgan fingerprint density at radius 3 is 2.52 bits per heavy atom. The van der Waals surface area contributed by atoms with Gasteiger partial charge in [-0.15, -0.1) is 10.2 Å². The zero-order valence-corrected chi connectivity index (χ0v) is 16.2. The molecule has 1 aromatic heterocycles. The van der Waals surface area contributed by atoms with E-state index in [1.54, 1.807) is 6.92 Å². The number of carbonyl (C=O) groups excluding carboxylic acids is 2. The average molecular weight is 396 g/mol. The van der Waals surface area contributed by atoms with Gasteiger partial charge < -0.3 is 10.3 Å². The van der Waals surface area contributed by atoms with Crippen molar-refractivity contribution in [3.8, 4) is 0 Å². The van der Waals surface area contributed by atoms with Crippen molar-refractivity contribution in [3.05, 3.63) is 41.2 Å². The Balaban J connectivity index is 2.21. The summed E-state index contributed by atoms with van der Waals surface area (Å²) >= 11 is 1.15. The molecule has 0 spiro atoms. The minimum Gasteiger partial charge on any atom is -0.370 e. The molecule has 2 aromatic rings. The Morgan fingerprint density at radius 2 is 1.93 bits per heavy atom. The highest BCUT2D eigenvalue weighted by molar-refractivity contribution is 8.00. The molecular formula is C18H22F2N4O2S. The molecule has 0 aliphatic carbocycles. The van der Waals surface area contributed by atoms with E-state index in [4.69, 9.17) is 5.73 Å². The number of benzene rings is 1. The zero-order chi connectivity index (χ0) is 20.1. The smallest absolute Gasteiger partial charge is 0.217 e. The van der Waals surface area contributed by atoms with Gasteiger partial charge >= 0.3 is 0 Å². The molecule has 0 fully saturated rings. The van der Waals surface area contributed by atoms with Crippen molar-refractivity contribution in [1.82, 2.24) is 14.8 Å². The largest absolute Gasteiger partial charge is 0.370 e. The normalized spacial score (nSPS) is 12.4. The first-order chi connectivity index (χ1) is 12.7. The first kappa shape index (κ1) is 21.0. The second-order valence-electron chi connectivity index (χ2n) is 6.62. The number of amides is 1. The molecule has 1 heterocycles. The van der Waals surface area contributed by atoms with Crippen LogP contribution in [-0.2, 0) is 17.8 Å². The molecule has 2 N–H and O–H groups in total. The molecule has 146 valence electrons. The Kier molecular flexibility index (Phi) is 7.06. The van der Waals surface area contributed by atoms with Crippen LogP contribution in [0.15, 0.2) is 23.4 Å². The quantitative estimate of drug-likeness (QED) is 0.520. The summed E-state index contributed by atoms with van der Waals surface area (Å²) in [6.07, 6.45) is 0.501. The first-order valence-corrected chi connectivity index (χ1v) is 9.43. The fourth-order valence-electron chi connectivity index (χ4n) is 2.49. The van der Waals surface area contributed by atoms with Crippen LogP contribution in [0.4, 0.5) is 8.78 Å². The minimum atomic E-state index is -0.891. The molecule has 1 amide bonds. The lowest BCUT2D eigenvalue weighted by Crippen LogP contribution is -2.18. The molecule has 27 heavy (non-hydrogen) atoms. The molecule has 9 heteroatoms. The molecule has 2 rings (SSSR count). The number of aromatic nitrogens is 3. The molecule has 0 saturated heterocycles. The topological polar surface area (TPSA) is 90.9 Å². The van der Waals surface area contributed by atoms with E-state index in [9.17, 15) is 18.4 Å². The molecule has 0 aliphatic rings. The third kappa shape index (κ3) is 5.59. The minimum absolute atomic E-state index is 0.149. The summed E-state index contributed by atoms with van der Waals surface area (Å²) in [5, 5.41) is 8.08. The zero-order valence-electron chi connectivity index (χ0n) is 15.4. The SMILES string of the molecule is CC(C)Cn1c(CCC(N)=O)nnc1SC(C)C(=O)c1ccc(F)cc1F. The molecule has 0 aliphatic heterocycles. The predicted octanol–water partition coefficient (Wildman–Crippen LogP) is 2.99. The van der Waals surface area contributed by atoms with Gasteiger partial charge in [0.2, 0.25) is 5.91 Å². The van der Waals surface area contributed by atoms with E-state index in [1.807, 2.05) is 18.4 Å². The van der Waals surface area contributed by atoms with Crippen molar-refractivity contribution in [1.29, 1.82) is 0 Å². The van der Waals surface area contributed by atoms with Crippen LogP contribution in [-0.4, -0.2) is 31.7 Å². The van der Waals surface area contributed by atoms with Crippen LogP contribution in [0.25, 0.3) is 0 Å². The van der Waals surface area contributed by atoms with Crippen LogP contribution in [0.1, 0.15) is 43.4 Å². The van der Waals surface area contributed by atoms with E-state index in [1.165, 1.54) is 0 Å². The maximum atomic E-state index is 13.9. The third-order valence-electron chi connectivity index (χ3n) is 3.78. The standard InChI is InChI=1S/C18H22F2N4O2S/c1-10(2)9-24-16(7-6-15(21)25)22-23-18(24)27-11(3)17(26)13-5-4-12(19)8-14(13)20/h4-5,8,10-11H,6-7,9H2,1-3H3,(H2,21,25). The summed E-state index contributed by atoms with van der Waals surface area (Å²) in [5.74, 6) is -1.63. The number of Topliss-reactive ketones (excluding diaryl/α,β-unsaturated/α-hetero) is 1. The number of thioether (sulfide) groups is 1. The highest BCUT2D eigenvalue weighted by Crippen LogP contribution is 2.27. The number of hydrogen-bond acceptors (Lipinski definition) is 5. The van der Waals surface area contributed by atoms with Gasteiger partial charge in [-0.3, -0.25) is 9.59 Å². The second-order valence-corrected chi connectivity index (χ2v) is 7.93. The second kappa shape index (κ2) is 9.07. The Bertz CT molecular complexity index is 839. The van der Waals surface area contributed by atoms with Gasteiger partial charge in [0.1, 0.15) is 17.5 Å². The molecular weight excluding hydrogens is 374 g/mol. The summed E-state index contributed by atoms with van der Waals surface area (Å²) < 4.78 is 28.8. The van der Waals surface area contributed by atoms with Gasteiger partial charge in [0.15, 0.2) is 10.9 Å². The van der Waals surface area contributed by atoms with Gasteiger partial charge in [-0.1, -0.05) is 25.6 Å². The third-order valence-corrected chi connectivity index (χ3v) is 4.86. The van der Waals surface area contributed by atoms with Crippen molar-refractivity contribution < 1.29 is 18.4 Å². The molecule has 0 radical (unpaired) electrons. The van der Waals surface area contributed by atoms with Crippen LogP contribution in [0.2, 0.25) is 0 Å². The van der Waals surface area contributed by atoms with Crippen LogP contribution in [0.5, 0.6) is 0 Å². The lowest BCUT2D eigenvalue weighted by molar-refractivity contribution is -0.118. The highest BCUT2D eigenvalue weighted by atomic mass is 32.2. The fourth-order valence-corrected chi connectivity index (χ4v) is 3.44. The lowest BCUT2D eigenvalue weighted by atomic mass is 10.1. The summed E-state index contributed by atoms with van der Waals surface area (Å²) in [7, 11) is 0. The van der Waals surface area contributed by atoms with Gasteiger partial charge in [-0.05, 0) is 25.0 Å². The van der Waals surface area contributed by atoms with Crippen molar-refractivity contribution in [3.63, 3.8) is 0 Å². The number of halogens is 2. The number of aryl methyl sites for hydroxylation is 1. The van der Waals surface area contributed by atoms with Crippen molar-refractivity contribution in [2.75, 3.05) is 0 Å².